The fourth-order valence-corrected chi connectivity index (χ4v) is 2.61. The Bertz CT molecular complexity index is 387. The molecule has 0 aliphatic carbocycles. The summed E-state index contributed by atoms with van der Waals surface area (Å²) in [4.78, 5) is 25.6. The van der Waals surface area contributed by atoms with E-state index in [0.717, 1.165) is 0 Å². The van der Waals surface area contributed by atoms with E-state index in [4.69, 9.17) is 16.2 Å². The number of carbonyl (C=O) groups is 2. The number of likely N-dealkylation sites (tertiary alicyclic amines) is 1. The SMILES string of the molecule is CC1(C(N)=O)CCN(C(=O)C2(C)COCC2N)C1. The van der Waals surface area contributed by atoms with E-state index in [-0.39, 0.29) is 17.9 Å². The third-order valence-electron chi connectivity index (χ3n) is 4.36. The zero-order chi connectivity index (χ0) is 13.6. The van der Waals surface area contributed by atoms with Gasteiger partial charge in [-0.3, -0.25) is 9.59 Å². The standard InChI is InChI=1S/C12H21N3O3/c1-11(9(14)16)3-4-15(6-11)10(17)12(2)7-18-5-8(12)13/h8H,3-7,13H2,1-2H3,(H2,14,16). The van der Waals surface area contributed by atoms with Crippen molar-refractivity contribution in [2.24, 2.45) is 22.3 Å². The summed E-state index contributed by atoms with van der Waals surface area (Å²) >= 11 is 0. The van der Waals surface area contributed by atoms with E-state index in [1.807, 2.05) is 6.92 Å². The Morgan fingerprint density at radius 3 is 2.50 bits per heavy atom. The van der Waals surface area contributed by atoms with E-state index in [1.165, 1.54) is 0 Å². The van der Waals surface area contributed by atoms with Gasteiger partial charge < -0.3 is 21.1 Å². The summed E-state index contributed by atoms with van der Waals surface area (Å²) in [6.07, 6.45) is 0.611. The lowest BCUT2D eigenvalue weighted by atomic mass is 9.84. The topological polar surface area (TPSA) is 98.7 Å². The minimum atomic E-state index is -0.678. The van der Waals surface area contributed by atoms with Crippen molar-refractivity contribution in [1.29, 1.82) is 0 Å². The molecule has 4 N–H and O–H groups in total. The highest BCUT2D eigenvalue weighted by Gasteiger charge is 2.50. The first-order valence-electron chi connectivity index (χ1n) is 6.22. The zero-order valence-electron chi connectivity index (χ0n) is 10.9. The molecule has 6 heteroatoms. The van der Waals surface area contributed by atoms with Gasteiger partial charge in [-0.2, -0.15) is 0 Å². The average molecular weight is 255 g/mol. The maximum atomic E-state index is 12.5. The quantitative estimate of drug-likeness (QED) is 0.666. The van der Waals surface area contributed by atoms with Crippen LogP contribution in [0.25, 0.3) is 0 Å². The van der Waals surface area contributed by atoms with Gasteiger partial charge in [0.1, 0.15) is 0 Å². The number of primary amides is 1. The van der Waals surface area contributed by atoms with Crippen molar-refractivity contribution < 1.29 is 14.3 Å². The molecule has 2 amide bonds. The van der Waals surface area contributed by atoms with E-state index in [9.17, 15) is 9.59 Å². The second kappa shape index (κ2) is 4.20. The maximum absolute atomic E-state index is 12.5. The van der Waals surface area contributed by atoms with Gasteiger partial charge in [0.25, 0.3) is 0 Å². The summed E-state index contributed by atoms with van der Waals surface area (Å²) in [5.41, 5.74) is 10.0. The van der Waals surface area contributed by atoms with Crippen molar-refractivity contribution in [3.05, 3.63) is 0 Å². The van der Waals surface area contributed by atoms with Gasteiger partial charge in [0, 0.05) is 19.1 Å². The molecular formula is C12H21N3O3. The number of amides is 2. The number of carbonyl (C=O) groups excluding carboxylic acids is 2. The maximum Gasteiger partial charge on any atom is 0.232 e. The number of nitrogens with zero attached hydrogens (tertiary/aromatic N) is 1. The lowest BCUT2D eigenvalue weighted by Crippen LogP contribution is -2.51. The number of nitrogens with two attached hydrogens (primary N) is 2. The van der Waals surface area contributed by atoms with Crippen LogP contribution in [0.3, 0.4) is 0 Å². The highest BCUT2D eigenvalue weighted by Crippen LogP contribution is 2.35. The van der Waals surface area contributed by atoms with Crippen LogP contribution < -0.4 is 11.5 Å². The van der Waals surface area contributed by atoms with Gasteiger partial charge in [-0.25, -0.2) is 0 Å². The van der Waals surface area contributed by atoms with E-state index < -0.39 is 10.8 Å². The Hall–Kier alpha value is -1.14. The highest BCUT2D eigenvalue weighted by atomic mass is 16.5. The molecule has 2 saturated heterocycles. The molecule has 0 aromatic heterocycles. The summed E-state index contributed by atoms with van der Waals surface area (Å²) < 4.78 is 5.29. The molecule has 0 bridgehead atoms. The van der Waals surface area contributed by atoms with Crippen LogP contribution >= 0.6 is 0 Å². The fourth-order valence-electron chi connectivity index (χ4n) is 2.61. The normalized spacial score (nSPS) is 40.2. The van der Waals surface area contributed by atoms with Crippen LogP contribution in [0.4, 0.5) is 0 Å². The molecule has 2 aliphatic rings. The smallest absolute Gasteiger partial charge is 0.232 e. The van der Waals surface area contributed by atoms with Gasteiger partial charge >= 0.3 is 0 Å². The van der Waals surface area contributed by atoms with Crippen molar-refractivity contribution >= 4 is 11.8 Å². The van der Waals surface area contributed by atoms with Gasteiger partial charge in [0.2, 0.25) is 11.8 Å². The largest absolute Gasteiger partial charge is 0.379 e. The van der Waals surface area contributed by atoms with E-state index in [0.29, 0.717) is 32.7 Å². The molecular weight excluding hydrogens is 234 g/mol. The first kappa shape index (κ1) is 13.3. The molecule has 18 heavy (non-hydrogen) atoms. The van der Waals surface area contributed by atoms with E-state index in [2.05, 4.69) is 0 Å². The summed E-state index contributed by atoms with van der Waals surface area (Å²) in [5, 5.41) is 0. The van der Waals surface area contributed by atoms with Crippen LogP contribution in [0.2, 0.25) is 0 Å². The summed E-state index contributed by atoms with van der Waals surface area (Å²) in [7, 11) is 0. The lowest BCUT2D eigenvalue weighted by molar-refractivity contribution is -0.141. The van der Waals surface area contributed by atoms with Crippen molar-refractivity contribution in [3.8, 4) is 0 Å². The second-order valence-electron chi connectivity index (χ2n) is 5.94. The molecule has 0 radical (unpaired) electrons. The molecule has 0 saturated carbocycles. The molecule has 2 heterocycles. The Labute approximate surface area is 107 Å². The van der Waals surface area contributed by atoms with Crippen LogP contribution in [0.5, 0.6) is 0 Å². The van der Waals surface area contributed by atoms with Crippen LogP contribution in [-0.4, -0.2) is 49.1 Å². The fraction of sp³-hybridized carbons (Fsp3) is 0.833. The molecule has 0 aromatic rings. The molecule has 6 nitrogen and oxygen atoms in total. The van der Waals surface area contributed by atoms with Crippen molar-refractivity contribution in [2.45, 2.75) is 26.3 Å². The zero-order valence-corrected chi connectivity index (χ0v) is 10.9. The Morgan fingerprint density at radius 2 is 2.06 bits per heavy atom. The van der Waals surface area contributed by atoms with Crippen molar-refractivity contribution in [2.75, 3.05) is 26.3 Å². The predicted molar refractivity (Wildman–Crippen MR) is 65.4 cm³/mol. The lowest BCUT2D eigenvalue weighted by Gasteiger charge is -2.31. The van der Waals surface area contributed by atoms with Crippen molar-refractivity contribution in [3.63, 3.8) is 0 Å². The number of hydrogen-bond donors (Lipinski definition) is 2. The van der Waals surface area contributed by atoms with Crippen LogP contribution in [0.15, 0.2) is 0 Å². The predicted octanol–water partition coefficient (Wildman–Crippen LogP) is -0.926. The van der Waals surface area contributed by atoms with Gasteiger partial charge in [-0.1, -0.05) is 0 Å². The van der Waals surface area contributed by atoms with Crippen molar-refractivity contribution in [1.82, 2.24) is 4.90 Å². The molecule has 102 valence electrons. The van der Waals surface area contributed by atoms with Crippen LogP contribution in [-0.2, 0) is 14.3 Å². The van der Waals surface area contributed by atoms with E-state index >= 15 is 0 Å². The van der Waals surface area contributed by atoms with Gasteiger partial charge in [-0.15, -0.1) is 0 Å². The first-order valence-corrected chi connectivity index (χ1v) is 6.22. The minimum absolute atomic E-state index is 0.0301. The minimum Gasteiger partial charge on any atom is -0.379 e. The second-order valence-corrected chi connectivity index (χ2v) is 5.94. The van der Waals surface area contributed by atoms with Gasteiger partial charge in [-0.05, 0) is 20.3 Å². The molecule has 3 unspecified atom stereocenters. The number of ether oxygens (including phenoxy) is 1. The summed E-state index contributed by atoms with van der Waals surface area (Å²) in [6, 6.07) is -0.287. The average Bonchev–Trinajstić information content (AvgIpc) is 2.85. The highest BCUT2D eigenvalue weighted by molar-refractivity contribution is 5.87. The third-order valence-corrected chi connectivity index (χ3v) is 4.36. The summed E-state index contributed by atoms with van der Waals surface area (Å²) in [6.45, 7) is 5.31. The van der Waals surface area contributed by atoms with Gasteiger partial charge in [0.05, 0.1) is 24.0 Å². The van der Waals surface area contributed by atoms with Crippen LogP contribution in [0, 0.1) is 10.8 Å². The first-order chi connectivity index (χ1) is 8.29. The molecule has 2 aliphatic heterocycles. The molecule has 2 fully saturated rings. The number of rotatable bonds is 2. The van der Waals surface area contributed by atoms with E-state index in [1.54, 1.807) is 11.8 Å². The Kier molecular flexibility index (Phi) is 3.11. The monoisotopic (exact) mass is 255 g/mol. The third kappa shape index (κ3) is 1.89. The Morgan fingerprint density at radius 1 is 1.39 bits per heavy atom. The molecule has 3 atom stereocenters. The molecule has 0 aromatic carbocycles. The molecule has 0 spiro atoms. The summed E-state index contributed by atoms with van der Waals surface area (Å²) in [5.74, 6) is -0.382. The van der Waals surface area contributed by atoms with Gasteiger partial charge in [0.15, 0.2) is 0 Å². The number of hydrogen-bond acceptors (Lipinski definition) is 4. The Balaban J connectivity index is 2.10. The molecule has 2 rings (SSSR count). The van der Waals surface area contributed by atoms with Crippen LogP contribution in [0.1, 0.15) is 20.3 Å².